The summed E-state index contributed by atoms with van der Waals surface area (Å²) in [6.45, 7) is 2.37. The van der Waals surface area contributed by atoms with Gasteiger partial charge < -0.3 is 14.7 Å². The van der Waals surface area contributed by atoms with Crippen molar-refractivity contribution in [2.24, 2.45) is 0 Å². The summed E-state index contributed by atoms with van der Waals surface area (Å²) in [4.78, 5) is 31.9. The molecule has 0 saturated carbocycles. The van der Waals surface area contributed by atoms with Gasteiger partial charge in [-0.15, -0.1) is 0 Å². The highest BCUT2D eigenvalue weighted by Gasteiger charge is 2.26. The second-order valence-corrected chi connectivity index (χ2v) is 6.88. The number of aromatic nitrogens is 2. The van der Waals surface area contributed by atoms with Crippen LogP contribution in [0.25, 0.3) is 10.9 Å². The summed E-state index contributed by atoms with van der Waals surface area (Å²) in [5, 5.41) is 14.9. The Morgan fingerprint density at radius 2 is 2.14 bits per heavy atom. The van der Waals surface area contributed by atoms with Crippen molar-refractivity contribution in [1.29, 1.82) is 0 Å². The molecule has 0 amide bonds. The van der Waals surface area contributed by atoms with Gasteiger partial charge in [0.1, 0.15) is 11.4 Å². The number of nitrogens with zero attached hydrogens (tertiary/aromatic N) is 3. The number of nitro benzene ring substituents is 1. The summed E-state index contributed by atoms with van der Waals surface area (Å²) >= 11 is 0. The zero-order chi connectivity index (χ0) is 19.5. The topological polar surface area (TPSA) is 117 Å². The molecular weight excluding hydrogens is 362 g/mol. The number of hydrogen-bond donors (Lipinski definition) is 2. The summed E-state index contributed by atoms with van der Waals surface area (Å²) in [5.74, 6) is 0.826. The van der Waals surface area contributed by atoms with E-state index in [1.54, 1.807) is 12.3 Å². The summed E-state index contributed by atoms with van der Waals surface area (Å²) in [7, 11) is 0. The zero-order valence-electron chi connectivity index (χ0n) is 15.3. The van der Waals surface area contributed by atoms with Crippen molar-refractivity contribution in [3.63, 3.8) is 0 Å². The highest BCUT2D eigenvalue weighted by Crippen LogP contribution is 2.30. The van der Waals surface area contributed by atoms with Gasteiger partial charge in [-0.2, -0.15) is 0 Å². The van der Waals surface area contributed by atoms with Crippen molar-refractivity contribution >= 4 is 22.3 Å². The minimum atomic E-state index is -0.489. The van der Waals surface area contributed by atoms with Crippen LogP contribution in [-0.2, 0) is 0 Å². The molecule has 0 aliphatic carbocycles. The van der Waals surface area contributed by atoms with Gasteiger partial charge in [-0.1, -0.05) is 6.42 Å². The lowest BCUT2D eigenvalue weighted by molar-refractivity contribution is -0.383. The van der Waals surface area contributed by atoms with E-state index >= 15 is 0 Å². The third-order valence-corrected chi connectivity index (χ3v) is 5.14. The molecule has 1 aromatic carbocycles. The Bertz CT molecular complexity index is 1020. The van der Waals surface area contributed by atoms with Crippen LogP contribution in [0.3, 0.4) is 0 Å². The molecule has 1 atom stereocenters. The van der Waals surface area contributed by atoms with Crippen LogP contribution in [0.2, 0.25) is 0 Å². The molecule has 0 radical (unpaired) electrons. The van der Waals surface area contributed by atoms with Crippen LogP contribution >= 0.6 is 0 Å². The Kier molecular flexibility index (Phi) is 5.07. The Morgan fingerprint density at radius 1 is 1.32 bits per heavy atom. The third-order valence-electron chi connectivity index (χ3n) is 5.14. The maximum absolute atomic E-state index is 11.9. The molecule has 0 bridgehead atoms. The smallest absolute Gasteiger partial charge is 0.293 e. The molecule has 3 heterocycles. The van der Waals surface area contributed by atoms with Gasteiger partial charge in [-0.25, -0.2) is 4.98 Å². The fourth-order valence-electron chi connectivity index (χ4n) is 3.72. The average molecular weight is 383 g/mol. The standard InChI is InChI=1S/C19H21N5O4/c25-19-13-9-16(24(26)27)15(10-14(13)21-12-22-19)20-11-17(18-5-4-8-28-18)23-6-2-1-3-7-23/h4-5,8-10,12,17,20H,1-3,6-7,11H2,(H,21,22,25). The number of hydrogen-bond acceptors (Lipinski definition) is 7. The minimum Gasteiger partial charge on any atom is -0.468 e. The van der Waals surface area contributed by atoms with Crippen molar-refractivity contribution in [2.75, 3.05) is 25.0 Å². The summed E-state index contributed by atoms with van der Waals surface area (Å²) in [5.41, 5.74) is 0.192. The number of likely N-dealkylation sites (tertiary alicyclic amines) is 1. The molecule has 4 rings (SSSR count). The number of nitro groups is 1. The summed E-state index contributed by atoms with van der Waals surface area (Å²) < 4.78 is 5.63. The highest BCUT2D eigenvalue weighted by molar-refractivity contribution is 5.86. The summed E-state index contributed by atoms with van der Waals surface area (Å²) in [6, 6.07) is 6.57. The Hall–Kier alpha value is -3.20. The second kappa shape index (κ2) is 7.81. The lowest BCUT2D eigenvalue weighted by Gasteiger charge is -2.33. The van der Waals surface area contributed by atoms with Crippen LogP contribution in [-0.4, -0.2) is 39.4 Å². The zero-order valence-corrected chi connectivity index (χ0v) is 15.3. The van der Waals surface area contributed by atoms with E-state index in [-0.39, 0.29) is 17.1 Å². The first kappa shape index (κ1) is 18.2. The van der Waals surface area contributed by atoms with Crippen LogP contribution in [0.15, 0.2) is 46.1 Å². The second-order valence-electron chi connectivity index (χ2n) is 6.88. The van der Waals surface area contributed by atoms with E-state index < -0.39 is 10.5 Å². The molecule has 1 unspecified atom stereocenters. The molecule has 1 aliphatic rings. The van der Waals surface area contributed by atoms with E-state index in [0.29, 0.717) is 17.7 Å². The Labute approximate surface area is 160 Å². The van der Waals surface area contributed by atoms with Crippen molar-refractivity contribution in [3.05, 3.63) is 63.1 Å². The third kappa shape index (κ3) is 3.61. The first-order valence-corrected chi connectivity index (χ1v) is 9.30. The Balaban J connectivity index is 1.65. The summed E-state index contributed by atoms with van der Waals surface area (Å²) in [6.07, 6.45) is 6.39. The molecule has 28 heavy (non-hydrogen) atoms. The van der Waals surface area contributed by atoms with E-state index in [1.165, 1.54) is 18.8 Å². The van der Waals surface area contributed by atoms with Crippen molar-refractivity contribution in [1.82, 2.24) is 14.9 Å². The van der Waals surface area contributed by atoms with Gasteiger partial charge in [0.2, 0.25) is 0 Å². The molecule has 9 nitrogen and oxygen atoms in total. The van der Waals surface area contributed by atoms with Crippen LogP contribution in [0, 0.1) is 10.1 Å². The monoisotopic (exact) mass is 383 g/mol. The molecule has 146 valence electrons. The molecule has 1 fully saturated rings. The Morgan fingerprint density at radius 3 is 2.86 bits per heavy atom. The predicted octanol–water partition coefficient (Wildman–Crippen LogP) is 3.06. The quantitative estimate of drug-likeness (QED) is 0.496. The van der Waals surface area contributed by atoms with Gasteiger partial charge >= 0.3 is 0 Å². The molecule has 9 heteroatoms. The van der Waals surface area contributed by atoms with Crippen LogP contribution < -0.4 is 10.9 Å². The van der Waals surface area contributed by atoms with Gasteiger partial charge in [0.25, 0.3) is 11.2 Å². The number of benzene rings is 1. The van der Waals surface area contributed by atoms with E-state index in [4.69, 9.17) is 4.42 Å². The first-order valence-electron chi connectivity index (χ1n) is 9.30. The van der Waals surface area contributed by atoms with Gasteiger partial charge in [0, 0.05) is 12.6 Å². The average Bonchev–Trinajstić information content (AvgIpc) is 3.23. The number of aromatic amines is 1. The van der Waals surface area contributed by atoms with Crippen molar-refractivity contribution in [3.8, 4) is 0 Å². The van der Waals surface area contributed by atoms with Gasteiger partial charge in [0.05, 0.1) is 34.5 Å². The lowest BCUT2D eigenvalue weighted by Crippen LogP contribution is -2.37. The van der Waals surface area contributed by atoms with Crippen LogP contribution in [0.1, 0.15) is 31.1 Å². The maximum atomic E-state index is 11.9. The maximum Gasteiger partial charge on any atom is 0.293 e. The largest absolute Gasteiger partial charge is 0.468 e. The molecule has 1 saturated heterocycles. The van der Waals surface area contributed by atoms with Crippen molar-refractivity contribution in [2.45, 2.75) is 25.3 Å². The highest BCUT2D eigenvalue weighted by atomic mass is 16.6. The number of fused-ring (bicyclic) bond motifs is 1. The van der Waals surface area contributed by atoms with Crippen LogP contribution in [0.5, 0.6) is 0 Å². The minimum absolute atomic E-state index is 0.0299. The van der Waals surface area contributed by atoms with E-state index in [2.05, 4.69) is 20.2 Å². The molecule has 2 N–H and O–H groups in total. The van der Waals surface area contributed by atoms with E-state index in [9.17, 15) is 14.9 Å². The van der Waals surface area contributed by atoms with Gasteiger partial charge in [-0.05, 0) is 44.1 Å². The SMILES string of the molecule is O=c1[nH]cnc2cc(NCC(c3ccco3)N3CCCCC3)c([N+](=O)[O-])cc12. The number of piperidine rings is 1. The number of nitrogens with one attached hydrogen (secondary N) is 2. The van der Waals surface area contributed by atoms with Gasteiger partial charge in [0.15, 0.2) is 0 Å². The lowest BCUT2D eigenvalue weighted by atomic mass is 10.1. The number of rotatable bonds is 6. The molecule has 1 aliphatic heterocycles. The fraction of sp³-hybridized carbons (Fsp3) is 0.368. The fourth-order valence-corrected chi connectivity index (χ4v) is 3.72. The molecule has 2 aromatic heterocycles. The van der Waals surface area contributed by atoms with E-state index in [0.717, 1.165) is 31.7 Å². The predicted molar refractivity (Wildman–Crippen MR) is 104 cm³/mol. The number of anilines is 1. The van der Waals surface area contributed by atoms with Crippen molar-refractivity contribution < 1.29 is 9.34 Å². The number of furan rings is 1. The molecule has 0 spiro atoms. The normalized spacial score (nSPS) is 16.1. The number of H-pyrrole nitrogens is 1. The van der Waals surface area contributed by atoms with E-state index in [1.807, 2.05) is 12.1 Å². The first-order chi connectivity index (χ1) is 13.6. The van der Waals surface area contributed by atoms with Crippen LogP contribution in [0.4, 0.5) is 11.4 Å². The van der Waals surface area contributed by atoms with Gasteiger partial charge in [-0.3, -0.25) is 19.8 Å². The molecule has 3 aromatic rings. The molecular formula is C19H21N5O4.